The molecule has 4 nitrogen and oxygen atoms in total. The maximum absolute atomic E-state index is 11.3. The van der Waals surface area contributed by atoms with Crippen LogP contribution >= 0.6 is 0 Å². The van der Waals surface area contributed by atoms with E-state index in [-0.39, 0.29) is 5.91 Å². The summed E-state index contributed by atoms with van der Waals surface area (Å²) in [4.78, 5) is 15.1. The van der Waals surface area contributed by atoms with Crippen molar-refractivity contribution in [3.05, 3.63) is 30.1 Å². The molecule has 1 aromatic heterocycles. The molecular weight excluding hydrogens is 154 g/mol. The van der Waals surface area contributed by atoms with Crippen LogP contribution in [-0.2, 0) is 0 Å². The first-order valence-corrected chi connectivity index (χ1v) is 3.58. The first-order chi connectivity index (χ1) is 5.70. The van der Waals surface area contributed by atoms with Crippen molar-refractivity contribution in [2.45, 2.75) is 0 Å². The van der Waals surface area contributed by atoms with Crippen molar-refractivity contribution in [2.24, 2.45) is 0 Å². The van der Waals surface area contributed by atoms with Crippen LogP contribution in [0.25, 0.3) is 0 Å². The van der Waals surface area contributed by atoms with E-state index in [1.165, 1.54) is 0 Å². The zero-order valence-electron chi connectivity index (χ0n) is 7.11. The molecule has 0 unspecified atom stereocenters. The van der Waals surface area contributed by atoms with Gasteiger partial charge in [0.1, 0.15) is 0 Å². The summed E-state index contributed by atoms with van der Waals surface area (Å²) in [7, 11) is 3.53. The highest BCUT2D eigenvalue weighted by Crippen LogP contribution is 1.94. The Bertz CT molecular complexity index is 258. The molecule has 1 heterocycles. The van der Waals surface area contributed by atoms with Gasteiger partial charge in [0.05, 0.1) is 0 Å². The van der Waals surface area contributed by atoms with Gasteiger partial charge in [-0.2, -0.15) is 0 Å². The lowest BCUT2D eigenvalue weighted by atomic mass is 10.3. The Kier molecular flexibility index (Phi) is 2.76. The van der Waals surface area contributed by atoms with Gasteiger partial charge in [0.15, 0.2) is 0 Å². The Morgan fingerprint density at radius 3 is 2.50 bits per heavy atom. The van der Waals surface area contributed by atoms with E-state index in [4.69, 9.17) is 0 Å². The van der Waals surface area contributed by atoms with Crippen LogP contribution < -0.4 is 5.43 Å². The quantitative estimate of drug-likeness (QED) is 0.640. The van der Waals surface area contributed by atoms with Crippen molar-refractivity contribution in [1.29, 1.82) is 0 Å². The number of hydrogen-bond acceptors (Lipinski definition) is 3. The first kappa shape index (κ1) is 8.67. The zero-order chi connectivity index (χ0) is 8.97. The van der Waals surface area contributed by atoms with Crippen LogP contribution in [0.1, 0.15) is 10.4 Å². The van der Waals surface area contributed by atoms with Crippen molar-refractivity contribution in [3.8, 4) is 0 Å². The van der Waals surface area contributed by atoms with Crippen molar-refractivity contribution in [1.82, 2.24) is 15.4 Å². The van der Waals surface area contributed by atoms with E-state index in [0.29, 0.717) is 5.56 Å². The van der Waals surface area contributed by atoms with Crippen molar-refractivity contribution in [2.75, 3.05) is 14.1 Å². The predicted molar refractivity (Wildman–Crippen MR) is 45.4 cm³/mol. The molecule has 1 aromatic rings. The average molecular weight is 165 g/mol. The number of carbonyl (C=O) groups is 1. The fourth-order valence-corrected chi connectivity index (χ4v) is 0.771. The molecule has 1 amide bonds. The minimum absolute atomic E-state index is 0.123. The Hall–Kier alpha value is -1.42. The molecule has 0 bridgehead atoms. The second-order valence-electron chi connectivity index (χ2n) is 2.57. The number of carbonyl (C=O) groups excluding carboxylic acids is 1. The summed E-state index contributed by atoms with van der Waals surface area (Å²) in [6, 6.07) is 3.33. The minimum Gasteiger partial charge on any atom is -0.285 e. The van der Waals surface area contributed by atoms with Crippen LogP contribution in [0.5, 0.6) is 0 Å². The lowest BCUT2D eigenvalue weighted by Gasteiger charge is -2.10. The highest BCUT2D eigenvalue weighted by atomic mass is 16.2. The molecule has 0 fully saturated rings. The van der Waals surface area contributed by atoms with Crippen LogP contribution in [0.15, 0.2) is 24.5 Å². The maximum Gasteiger partial charge on any atom is 0.265 e. The van der Waals surface area contributed by atoms with Gasteiger partial charge in [0, 0.05) is 32.1 Å². The van der Waals surface area contributed by atoms with Gasteiger partial charge >= 0.3 is 0 Å². The fourth-order valence-electron chi connectivity index (χ4n) is 0.771. The van der Waals surface area contributed by atoms with E-state index in [1.807, 2.05) is 0 Å². The van der Waals surface area contributed by atoms with Crippen LogP contribution in [0.3, 0.4) is 0 Å². The number of nitrogens with one attached hydrogen (secondary N) is 1. The van der Waals surface area contributed by atoms with Crippen LogP contribution in [0.4, 0.5) is 0 Å². The Morgan fingerprint density at radius 1 is 1.42 bits per heavy atom. The van der Waals surface area contributed by atoms with E-state index in [9.17, 15) is 4.79 Å². The fraction of sp³-hybridized carbons (Fsp3) is 0.250. The molecular formula is C8H11N3O. The molecule has 0 aliphatic carbocycles. The molecule has 0 aliphatic rings. The SMILES string of the molecule is CN(C)NC(=O)c1ccncc1. The first-order valence-electron chi connectivity index (χ1n) is 3.58. The third-order valence-corrected chi connectivity index (χ3v) is 1.27. The van der Waals surface area contributed by atoms with E-state index in [2.05, 4.69) is 10.4 Å². The van der Waals surface area contributed by atoms with Gasteiger partial charge in [0.25, 0.3) is 5.91 Å². The Balaban J connectivity index is 2.66. The standard InChI is InChI=1S/C8H11N3O/c1-11(2)10-8(12)7-3-5-9-6-4-7/h3-6H,1-2H3,(H,10,12). The summed E-state index contributed by atoms with van der Waals surface area (Å²) in [6.45, 7) is 0. The molecule has 1 N–H and O–H groups in total. The third kappa shape index (κ3) is 2.32. The number of nitrogens with zero attached hydrogens (tertiary/aromatic N) is 2. The minimum atomic E-state index is -0.123. The molecule has 0 aliphatic heterocycles. The topological polar surface area (TPSA) is 45.2 Å². The van der Waals surface area contributed by atoms with E-state index in [0.717, 1.165) is 0 Å². The Morgan fingerprint density at radius 2 is 2.00 bits per heavy atom. The summed E-state index contributed by atoms with van der Waals surface area (Å²) < 4.78 is 0. The third-order valence-electron chi connectivity index (χ3n) is 1.27. The second-order valence-corrected chi connectivity index (χ2v) is 2.57. The number of hydrazine groups is 1. The number of hydrogen-bond donors (Lipinski definition) is 1. The van der Waals surface area contributed by atoms with E-state index < -0.39 is 0 Å². The predicted octanol–water partition coefficient (Wildman–Crippen LogP) is 0.288. The van der Waals surface area contributed by atoms with Gasteiger partial charge in [0.2, 0.25) is 0 Å². The molecule has 4 heteroatoms. The molecule has 0 radical (unpaired) electrons. The monoisotopic (exact) mass is 165 g/mol. The molecule has 12 heavy (non-hydrogen) atoms. The van der Waals surface area contributed by atoms with Gasteiger partial charge in [-0.15, -0.1) is 0 Å². The maximum atomic E-state index is 11.3. The molecule has 64 valence electrons. The van der Waals surface area contributed by atoms with E-state index >= 15 is 0 Å². The Labute approximate surface area is 71.2 Å². The normalized spacial score (nSPS) is 9.92. The van der Waals surface area contributed by atoms with Crippen molar-refractivity contribution >= 4 is 5.91 Å². The summed E-state index contributed by atoms with van der Waals surface area (Å²) in [5, 5.41) is 1.60. The molecule has 0 aromatic carbocycles. The lowest BCUT2D eigenvalue weighted by Crippen LogP contribution is -2.36. The van der Waals surface area contributed by atoms with Gasteiger partial charge in [-0.1, -0.05) is 0 Å². The number of pyridine rings is 1. The summed E-state index contributed by atoms with van der Waals surface area (Å²) in [5.74, 6) is -0.123. The van der Waals surface area contributed by atoms with Gasteiger partial charge in [-0.3, -0.25) is 15.2 Å². The smallest absolute Gasteiger partial charge is 0.265 e. The lowest BCUT2D eigenvalue weighted by molar-refractivity contribution is 0.0857. The summed E-state index contributed by atoms with van der Waals surface area (Å²) in [5.41, 5.74) is 3.24. The highest BCUT2D eigenvalue weighted by Gasteiger charge is 2.03. The average Bonchev–Trinajstić information content (AvgIpc) is 2.05. The number of aromatic nitrogens is 1. The second kappa shape index (κ2) is 3.82. The van der Waals surface area contributed by atoms with Crippen molar-refractivity contribution in [3.63, 3.8) is 0 Å². The molecule has 0 atom stereocenters. The van der Waals surface area contributed by atoms with E-state index in [1.54, 1.807) is 43.6 Å². The summed E-state index contributed by atoms with van der Waals surface area (Å²) >= 11 is 0. The van der Waals surface area contributed by atoms with Gasteiger partial charge < -0.3 is 0 Å². The van der Waals surface area contributed by atoms with Crippen LogP contribution in [0, 0.1) is 0 Å². The molecule has 0 saturated heterocycles. The van der Waals surface area contributed by atoms with Gasteiger partial charge in [-0.25, -0.2) is 5.01 Å². The molecule has 1 rings (SSSR count). The number of amides is 1. The van der Waals surface area contributed by atoms with Crippen LogP contribution in [-0.4, -0.2) is 30.0 Å². The summed E-state index contributed by atoms with van der Waals surface area (Å²) in [6.07, 6.45) is 3.18. The van der Waals surface area contributed by atoms with Crippen molar-refractivity contribution < 1.29 is 4.79 Å². The molecule has 0 saturated carbocycles. The largest absolute Gasteiger partial charge is 0.285 e. The van der Waals surface area contributed by atoms with Crippen LogP contribution in [0.2, 0.25) is 0 Å². The highest BCUT2D eigenvalue weighted by molar-refractivity contribution is 5.93. The number of rotatable bonds is 2. The van der Waals surface area contributed by atoms with Gasteiger partial charge in [-0.05, 0) is 12.1 Å². The zero-order valence-corrected chi connectivity index (χ0v) is 7.11. The molecule has 0 spiro atoms.